The highest BCUT2D eigenvalue weighted by atomic mass is 16.5. The van der Waals surface area contributed by atoms with Crippen molar-refractivity contribution in [3.8, 4) is 16.9 Å². The number of anilines is 1. The van der Waals surface area contributed by atoms with Crippen LogP contribution in [0.3, 0.4) is 0 Å². The summed E-state index contributed by atoms with van der Waals surface area (Å²) in [4.78, 5) is 28.2. The molecule has 0 saturated carbocycles. The van der Waals surface area contributed by atoms with Crippen molar-refractivity contribution in [2.24, 2.45) is 0 Å². The summed E-state index contributed by atoms with van der Waals surface area (Å²) in [5, 5.41) is 0. The zero-order valence-electron chi connectivity index (χ0n) is 18.1. The molecule has 4 rings (SSSR count). The van der Waals surface area contributed by atoms with Crippen molar-refractivity contribution in [1.82, 2.24) is 19.9 Å². The van der Waals surface area contributed by atoms with Crippen LogP contribution < -0.4 is 10.5 Å². The second-order valence-electron chi connectivity index (χ2n) is 8.00. The van der Waals surface area contributed by atoms with E-state index >= 15 is 0 Å². The molecular formula is C24H27N5O2. The SMILES string of the molecule is COc1c(C)cccc1C(=O)N1CCC[C@H](c2cc(-c3cnc(N)nc3)cc(C)n2)C1. The Bertz CT molecular complexity index is 1100. The molecule has 2 aromatic heterocycles. The first-order chi connectivity index (χ1) is 15.0. The van der Waals surface area contributed by atoms with Crippen molar-refractivity contribution in [3.63, 3.8) is 0 Å². The second-order valence-corrected chi connectivity index (χ2v) is 8.00. The molecular weight excluding hydrogens is 390 g/mol. The molecule has 1 saturated heterocycles. The molecule has 1 amide bonds. The monoisotopic (exact) mass is 417 g/mol. The van der Waals surface area contributed by atoms with Gasteiger partial charge in [-0.05, 0) is 56.0 Å². The minimum Gasteiger partial charge on any atom is -0.496 e. The van der Waals surface area contributed by atoms with Gasteiger partial charge in [0.2, 0.25) is 5.95 Å². The minimum absolute atomic E-state index is 0.00469. The van der Waals surface area contributed by atoms with Gasteiger partial charge in [0, 0.05) is 48.4 Å². The highest BCUT2D eigenvalue weighted by molar-refractivity contribution is 5.97. The number of likely N-dealkylation sites (tertiary alicyclic amines) is 1. The molecule has 1 aromatic carbocycles. The first-order valence-corrected chi connectivity index (χ1v) is 10.5. The molecule has 0 bridgehead atoms. The molecule has 3 aromatic rings. The molecule has 1 aliphatic rings. The summed E-state index contributed by atoms with van der Waals surface area (Å²) in [5.74, 6) is 1.07. The van der Waals surface area contributed by atoms with Crippen molar-refractivity contribution in [2.45, 2.75) is 32.6 Å². The number of ether oxygens (including phenoxy) is 1. The molecule has 0 aliphatic carbocycles. The molecule has 7 heteroatoms. The van der Waals surface area contributed by atoms with Gasteiger partial charge >= 0.3 is 0 Å². The van der Waals surface area contributed by atoms with E-state index in [0.717, 1.165) is 47.5 Å². The van der Waals surface area contributed by atoms with E-state index in [4.69, 9.17) is 15.5 Å². The number of rotatable bonds is 4. The number of nitrogens with two attached hydrogens (primary N) is 1. The summed E-state index contributed by atoms with van der Waals surface area (Å²) >= 11 is 0. The quantitative estimate of drug-likeness (QED) is 0.694. The predicted molar refractivity (Wildman–Crippen MR) is 120 cm³/mol. The number of carbonyl (C=O) groups is 1. The van der Waals surface area contributed by atoms with Gasteiger partial charge in [-0.3, -0.25) is 9.78 Å². The number of aryl methyl sites for hydroxylation is 2. The lowest BCUT2D eigenvalue weighted by molar-refractivity contribution is 0.0702. The van der Waals surface area contributed by atoms with Crippen LogP contribution >= 0.6 is 0 Å². The molecule has 160 valence electrons. The Morgan fingerprint density at radius 3 is 2.68 bits per heavy atom. The van der Waals surface area contributed by atoms with Crippen LogP contribution in [0.2, 0.25) is 0 Å². The first-order valence-electron chi connectivity index (χ1n) is 10.5. The smallest absolute Gasteiger partial charge is 0.257 e. The molecule has 2 N–H and O–H groups in total. The second kappa shape index (κ2) is 8.71. The van der Waals surface area contributed by atoms with Gasteiger partial charge in [0.25, 0.3) is 5.91 Å². The molecule has 0 unspecified atom stereocenters. The molecule has 1 aliphatic heterocycles. The fourth-order valence-electron chi connectivity index (χ4n) is 4.22. The average Bonchev–Trinajstić information content (AvgIpc) is 2.78. The molecule has 3 heterocycles. The number of aromatic nitrogens is 3. The number of amides is 1. The molecule has 0 radical (unpaired) electrons. The number of piperidine rings is 1. The largest absolute Gasteiger partial charge is 0.496 e. The van der Waals surface area contributed by atoms with E-state index in [0.29, 0.717) is 17.9 Å². The van der Waals surface area contributed by atoms with Gasteiger partial charge in [-0.25, -0.2) is 9.97 Å². The molecule has 1 atom stereocenters. The van der Waals surface area contributed by atoms with E-state index in [1.54, 1.807) is 19.5 Å². The van der Waals surface area contributed by atoms with Crippen LogP contribution in [0.1, 0.15) is 46.1 Å². The van der Waals surface area contributed by atoms with Gasteiger partial charge in [-0.2, -0.15) is 0 Å². The molecule has 0 spiro atoms. The number of benzene rings is 1. The predicted octanol–water partition coefficient (Wildman–Crippen LogP) is 3.77. The summed E-state index contributed by atoms with van der Waals surface area (Å²) in [5.41, 5.74) is 11.0. The summed E-state index contributed by atoms with van der Waals surface area (Å²) in [6, 6.07) is 9.78. The third kappa shape index (κ3) is 4.35. The summed E-state index contributed by atoms with van der Waals surface area (Å²) in [6.45, 7) is 5.29. The topological polar surface area (TPSA) is 94.2 Å². The van der Waals surface area contributed by atoms with Crippen LogP contribution in [-0.4, -0.2) is 46.0 Å². The van der Waals surface area contributed by atoms with Crippen molar-refractivity contribution >= 4 is 11.9 Å². The zero-order valence-corrected chi connectivity index (χ0v) is 18.1. The number of hydrogen-bond acceptors (Lipinski definition) is 6. The Balaban J connectivity index is 1.60. The minimum atomic E-state index is 0.00469. The summed E-state index contributed by atoms with van der Waals surface area (Å²) < 4.78 is 5.51. The van der Waals surface area contributed by atoms with Crippen molar-refractivity contribution in [1.29, 1.82) is 0 Å². The number of carbonyl (C=O) groups excluding carboxylic acids is 1. The third-order valence-electron chi connectivity index (χ3n) is 5.75. The van der Waals surface area contributed by atoms with Crippen molar-refractivity contribution in [2.75, 3.05) is 25.9 Å². The van der Waals surface area contributed by atoms with E-state index in [9.17, 15) is 4.79 Å². The standard InChI is InChI=1S/C24H27N5O2/c1-15-6-4-8-20(22(15)31-3)23(30)29-9-5-7-17(14-29)21-11-18(10-16(2)28-21)19-12-26-24(25)27-13-19/h4,6,8,10-13,17H,5,7,9,14H2,1-3H3,(H2,25,26,27)/t17-/m0/s1. The number of pyridine rings is 1. The summed E-state index contributed by atoms with van der Waals surface area (Å²) in [7, 11) is 1.61. The Morgan fingerprint density at radius 2 is 1.94 bits per heavy atom. The molecule has 1 fully saturated rings. The Labute approximate surface area is 182 Å². The lowest BCUT2D eigenvalue weighted by Gasteiger charge is -2.33. The number of para-hydroxylation sites is 1. The van der Waals surface area contributed by atoms with E-state index in [-0.39, 0.29) is 17.8 Å². The maximum Gasteiger partial charge on any atom is 0.257 e. The fraction of sp³-hybridized carbons (Fsp3) is 0.333. The number of methoxy groups -OCH3 is 1. The lowest BCUT2D eigenvalue weighted by Crippen LogP contribution is -2.39. The van der Waals surface area contributed by atoms with Crippen LogP contribution in [0, 0.1) is 13.8 Å². The first kappa shape index (κ1) is 20.8. The number of nitrogen functional groups attached to an aromatic ring is 1. The van der Waals surface area contributed by atoms with Crippen LogP contribution in [0.5, 0.6) is 5.75 Å². The van der Waals surface area contributed by atoms with E-state index < -0.39 is 0 Å². The normalized spacial score (nSPS) is 16.2. The van der Waals surface area contributed by atoms with Crippen LogP contribution in [0.25, 0.3) is 11.1 Å². The number of hydrogen-bond donors (Lipinski definition) is 1. The number of nitrogens with zero attached hydrogens (tertiary/aromatic N) is 4. The van der Waals surface area contributed by atoms with Crippen LogP contribution in [-0.2, 0) is 0 Å². The molecule has 31 heavy (non-hydrogen) atoms. The van der Waals surface area contributed by atoms with Crippen LogP contribution in [0.4, 0.5) is 5.95 Å². The highest BCUT2D eigenvalue weighted by Gasteiger charge is 2.28. The maximum absolute atomic E-state index is 13.3. The van der Waals surface area contributed by atoms with E-state index in [1.807, 2.05) is 43.0 Å². The third-order valence-corrected chi connectivity index (χ3v) is 5.75. The van der Waals surface area contributed by atoms with Gasteiger partial charge in [0.1, 0.15) is 5.75 Å². The van der Waals surface area contributed by atoms with Crippen LogP contribution in [0.15, 0.2) is 42.7 Å². The van der Waals surface area contributed by atoms with Gasteiger partial charge in [-0.15, -0.1) is 0 Å². The molecule has 7 nitrogen and oxygen atoms in total. The Hall–Kier alpha value is -3.48. The van der Waals surface area contributed by atoms with E-state index in [2.05, 4.69) is 16.0 Å². The van der Waals surface area contributed by atoms with Gasteiger partial charge < -0.3 is 15.4 Å². The van der Waals surface area contributed by atoms with Crippen molar-refractivity contribution in [3.05, 3.63) is 65.2 Å². The zero-order chi connectivity index (χ0) is 22.0. The van der Waals surface area contributed by atoms with Gasteiger partial charge in [0.15, 0.2) is 0 Å². The Morgan fingerprint density at radius 1 is 1.16 bits per heavy atom. The Kier molecular flexibility index (Phi) is 5.84. The van der Waals surface area contributed by atoms with Gasteiger partial charge in [0.05, 0.1) is 12.7 Å². The highest BCUT2D eigenvalue weighted by Crippen LogP contribution is 2.31. The summed E-state index contributed by atoms with van der Waals surface area (Å²) in [6.07, 6.45) is 5.37. The van der Waals surface area contributed by atoms with Gasteiger partial charge in [-0.1, -0.05) is 12.1 Å². The van der Waals surface area contributed by atoms with Crippen molar-refractivity contribution < 1.29 is 9.53 Å². The fourth-order valence-corrected chi connectivity index (χ4v) is 4.22. The maximum atomic E-state index is 13.3. The van der Waals surface area contributed by atoms with E-state index in [1.165, 1.54) is 0 Å². The lowest BCUT2D eigenvalue weighted by atomic mass is 9.92. The average molecular weight is 418 g/mol.